The molecule has 88 valence electrons. The van der Waals surface area contributed by atoms with Gasteiger partial charge in [0.2, 0.25) is 0 Å². The van der Waals surface area contributed by atoms with Gasteiger partial charge in [-0.25, -0.2) is 0 Å². The van der Waals surface area contributed by atoms with Gasteiger partial charge >= 0.3 is 0 Å². The maximum absolute atomic E-state index is 10.4. The Balaban J connectivity index is 2.43. The highest BCUT2D eigenvalue weighted by Crippen LogP contribution is 2.27. The topological polar surface area (TPSA) is 20.2 Å². The lowest BCUT2D eigenvalue weighted by Gasteiger charge is -2.15. The van der Waals surface area contributed by atoms with Crippen molar-refractivity contribution in [3.8, 4) is 0 Å². The zero-order chi connectivity index (χ0) is 12.3. The second kappa shape index (κ2) is 5.35. The van der Waals surface area contributed by atoms with Gasteiger partial charge in [0.25, 0.3) is 0 Å². The first kappa shape index (κ1) is 12.2. The molecule has 0 aliphatic rings. The van der Waals surface area contributed by atoms with Crippen molar-refractivity contribution in [2.75, 3.05) is 0 Å². The summed E-state index contributed by atoms with van der Waals surface area (Å²) in [7, 11) is 0. The van der Waals surface area contributed by atoms with Crippen LogP contribution in [-0.2, 0) is 6.42 Å². The molecule has 0 saturated carbocycles. The third-order valence-electron chi connectivity index (χ3n) is 2.90. The number of halogens is 1. The Bertz CT molecular complexity index is 494. The highest BCUT2D eigenvalue weighted by molar-refractivity contribution is 6.30. The Labute approximate surface area is 107 Å². The fourth-order valence-corrected chi connectivity index (χ4v) is 2.14. The highest BCUT2D eigenvalue weighted by Gasteiger charge is 2.13. The van der Waals surface area contributed by atoms with Crippen molar-refractivity contribution in [3.05, 3.63) is 70.2 Å². The number of benzene rings is 2. The van der Waals surface area contributed by atoms with E-state index in [1.807, 2.05) is 48.5 Å². The van der Waals surface area contributed by atoms with Gasteiger partial charge < -0.3 is 5.11 Å². The molecule has 0 aliphatic carbocycles. The summed E-state index contributed by atoms with van der Waals surface area (Å²) in [6.07, 6.45) is 0.279. The van der Waals surface area contributed by atoms with Crippen LogP contribution in [0.4, 0.5) is 0 Å². The van der Waals surface area contributed by atoms with Crippen LogP contribution in [0.15, 0.2) is 48.5 Å². The number of aryl methyl sites for hydroxylation is 1. The molecule has 0 spiro atoms. The summed E-state index contributed by atoms with van der Waals surface area (Å²) in [5, 5.41) is 11.0. The number of hydrogen-bond acceptors (Lipinski definition) is 1. The third-order valence-corrected chi connectivity index (χ3v) is 3.13. The summed E-state index contributed by atoms with van der Waals surface area (Å²) >= 11 is 5.99. The molecule has 2 aromatic carbocycles. The van der Waals surface area contributed by atoms with Gasteiger partial charge in [0.1, 0.15) is 6.10 Å². The van der Waals surface area contributed by atoms with E-state index in [1.54, 1.807) is 0 Å². The molecular formula is C15H15ClO. The molecule has 0 saturated heterocycles. The molecule has 1 unspecified atom stereocenters. The SMILES string of the molecule is CCc1ccc(Cl)cc1C(O)c1ccccc1. The molecule has 0 bridgehead atoms. The second-order valence-electron chi connectivity index (χ2n) is 4.01. The Hall–Kier alpha value is -1.31. The second-order valence-corrected chi connectivity index (χ2v) is 4.45. The highest BCUT2D eigenvalue weighted by atomic mass is 35.5. The number of aliphatic hydroxyl groups is 1. The van der Waals surface area contributed by atoms with Crippen molar-refractivity contribution in [1.29, 1.82) is 0 Å². The van der Waals surface area contributed by atoms with Gasteiger partial charge in [-0.1, -0.05) is 54.9 Å². The Kier molecular flexibility index (Phi) is 3.82. The largest absolute Gasteiger partial charge is 0.384 e. The fraction of sp³-hybridized carbons (Fsp3) is 0.200. The first-order valence-corrected chi connectivity index (χ1v) is 6.11. The monoisotopic (exact) mass is 246 g/mol. The molecule has 1 nitrogen and oxygen atoms in total. The van der Waals surface area contributed by atoms with Crippen LogP contribution in [0.25, 0.3) is 0 Å². The van der Waals surface area contributed by atoms with Crippen molar-refractivity contribution >= 4 is 11.6 Å². The molecule has 2 heteroatoms. The Morgan fingerprint density at radius 3 is 2.47 bits per heavy atom. The summed E-state index contributed by atoms with van der Waals surface area (Å²) in [6, 6.07) is 15.3. The summed E-state index contributed by atoms with van der Waals surface area (Å²) in [6.45, 7) is 2.07. The molecule has 0 fully saturated rings. The van der Waals surface area contributed by atoms with Gasteiger partial charge in [0.05, 0.1) is 0 Å². The predicted octanol–water partition coefficient (Wildman–Crippen LogP) is 3.98. The van der Waals surface area contributed by atoms with Crippen molar-refractivity contribution < 1.29 is 5.11 Å². The van der Waals surface area contributed by atoms with Crippen molar-refractivity contribution in [2.24, 2.45) is 0 Å². The van der Waals surface area contributed by atoms with E-state index < -0.39 is 6.10 Å². The lowest BCUT2D eigenvalue weighted by Crippen LogP contribution is -2.03. The van der Waals surface area contributed by atoms with Crippen LogP contribution in [0.5, 0.6) is 0 Å². The number of rotatable bonds is 3. The number of aliphatic hydroxyl groups excluding tert-OH is 1. The van der Waals surface area contributed by atoms with Crippen molar-refractivity contribution in [1.82, 2.24) is 0 Å². The molecule has 0 aromatic heterocycles. The molecule has 0 amide bonds. The molecule has 0 radical (unpaired) electrons. The van der Waals surface area contributed by atoms with Gasteiger partial charge in [0.15, 0.2) is 0 Å². The van der Waals surface area contributed by atoms with Gasteiger partial charge in [-0.05, 0) is 35.2 Å². The molecule has 2 aromatic rings. The molecule has 0 aliphatic heterocycles. The van der Waals surface area contributed by atoms with Crippen molar-refractivity contribution in [2.45, 2.75) is 19.4 Å². The molecule has 1 atom stereocenters. The van der Waals surface area contributed by atoms with Gasteiger partial charge in [-0.3, -0.25) is 0 Å². The quantitative estimate of drug-likeness (QED) is 0.869. The Morgan fingerprint density at radius 1 is 1.12 bits per heavy atom. The van der Waals surface area contributed by atoms with E-state index in [0.29, 0.717) is 5.02 Å². The number of hydrogen-bond donors (Lipinski definition) is 1. The molecule has 0 heterocycles. The minimum absolute atomic E-state index is 0.607. The first-order valence-electron chi connectivity index (χ1n) is 5.73. The van der Waals surface area contributed by atoms with E-state index >= 15 is 0 Å². The average molecular weight is 247 g/mol. The van der Waals surface area contributed by atoms with E-state index in [9.17, 15) is 5.11 Å². The molecule has 2 rings (SSSR count). The summed E-state index contributed by atoms with van der Waals surface area (Å²) in [5.74, 6) is 0. The van der Waals surface area contributed by atoms with E-state index in [2.05, 4.69) is 6.92 Å². The Morgan fingerprint density at radius 2 is 1.82 bits per heavy atom. The van der Waals surface area contributed by atoms with Crippen LogP contribution in [0.3, 0.4) is 0 Å². The third kappa shape index (κ3) is 2.68. The van der Waals surface area contributed by atoms with E-state index in [0.717, 1.165) is 23.1 Å². The molecular weight excluding hydrogens is 232 g/mol. The van der Waals surface area contributed by atoms with E-state index in [1.165, 1.54) is 0 Å². The molecule has 17 heavy (non-hydrogen) atoms. The fourth-order valence-electron chi connectivity index (χ4n) is 1.96. The predicted molar refractivity (Wildman–Crippen MR) is 71.3 cm³/mol. The molecule has 1 N–H and O–H groups in total. The van der Waals surface area contributed by atoms with Gasteiger partial charge in [0, 0.05) is 5.02 Å². The van der Waals surface area contributed by atoms with E-state index in [-0.39, 0.29) is 0 Å². The summed E-state index contributed by atoms with van der Waals surface area (Å²) in [5.41, 5.74) is 2.92. The van der Waals surface area contributed by atoms with Crippen LogP contribution >= 0.6 is 11.6 Å². The minimum atomic E-state index is -0.607. The van der Waals surface area contributed by atoms with Gasteiger partial charge in [-0.15, -0.1) is 0 Å². The standard InChI is InChI=1S/C15H15ClO/c1-2-11-8-9-13(16)10-14(11)15(17)12-6-4-3-5-7-12/h3-10,15,17H,2H2,1H3. The van der Waals surface area contributed by atoms with Gasteiger partial charge in [-0.2, -0.15) is 0 Å². The minimum Gasteiger partial charge on any atom is -0.384 e. The maximum Gasteiger partial charge on any atom is 0.104 e. The normalized spacial score (nSPS) is 12.4. The zero-order valence-electron chi connectivity index (χ0n) is 9.73. The summed E-state index contributed by atoms with van der Waals surface area (Å²) in [4.78, 5) is 0. The van der Waals surface area contributed by atoms with Crippen molar-refractivity contribution in [3.63, 3.8) is 0 Å². The lowest BCUT2D eigenvalue weighted by atomic mass is 9.96. The maximum atomic E-state index is 10.4. The zero-order valence-corrected chi connectivity index (χ0v) is 10.5. The van der Waals surface area contributed by atoms with Crippen LogP contribution in [0.2, 0.25) is 5.02 Å². The first-order chi connectivity index (χ1) is 8.22. The van der Waals surface area contributed by atoms with E-state index in [4.69, 9.17) is 11.6 Å². The van der Waals surface area contributed by atoms with Crippen LogP contribution in [0, 0.1) is 0 Å². The summed E-state index contributed by atoms with van der Waals surface area (Å²) < 4.78 is 0. The lowest BCUT2D eigenvalue weighted by molar-refractivity contribution is 0.219. The average Bonchev–Trinajstić information content (AvgIpc) is 2.39. The van der Waals surface area contributed by atoms with Crippen LogP contribution in [-0.4, -0.2) is 5.11 Å². The smallest absolute Gasteiger partial charge is 0.104 e. The van der Waals surface area contributed by atoms with Crippen LogP contribution < -0.4 is 0 Å². The van der Waals surface area contributed by atoms with Crippen LogP contribution in [0.1, 0.15) is 29.7 Å².